The van der Waals surface area contributed by atoms with E-state index in [2.05, 4.69) is 49.7 Å². The molecule has 0 aromatic carbocycles. The molecule has 0 aliphatic carbocycles. The maximum Gasteiger partial charge on any atom is 0.226 e. The molecule has 1 N–H and O–H groups in total. The number of imidazole rings is 1. The van der Waals surface area contributed by atoms with Crippen molar-refractivity contribution in [2.75, 3.05) is 42.9 Å². The summed E-state index contributed by atoms with van der Waals surface area (Å²) in [5.74, 6) is 3.73. The number of rotatable bonds is 7. The Kier molecular flexibility index (Phi) is 6.62. The number of amides is 1. The predicted molar refractivity (Wildman–Crippen MR) is 130 cm³/mol. The molecule has 3 aliphatic heterocycles. The predicted octanol–water partition coefficient (Wildman–Crippen LogP) is 3.55. The van der Waals surface area contributed by atoms with Gasteiger partial charge in [0, 0.05) is 50.3 Å². The first-order chi connectivity index (χ1) is 16.2. The van der Waals surface area contributed by atoms with Gasteiger partial charge in [0.25, 0.3) is 0 Å². The minimum atomic E-state index is 0.0604. The molecule has 8 heteroatoms. The number of hydrogen-bond acceptors (Lipinski definition) is 6. The van der Waals surface area contributed by atoms with Crippen molar-refractivity contribution in [3.05, 3.63) is 29.6 Å². The van der Waals surface area contributed by atoms with Gasteiger partial charge in [0.05, 0.1) is 5.69 Å². The van der Waals surface area contributed by atoms with Gasteiger partial charge in [-0.05, 0) is 57.5 Å². The van der Waals surface area contributed by atoms with Gasteiger partial charge in [-0.3, -0.25) is 4.79 Å². The smallest absolute Gasteiger partial charge is 0.226 e. The molecule has 5 heterocycles. The molecule has 5 rings (SSSR count). The summed E-state index contributed by atoms with van der Waals surface area (Å²) >= 11 is 0. The zero-order valence-corrected chi connectivity index (χ0v) is 20.1. The van der Waals surface area contributed by atoms with Crippen molar-refractivity contribution in [2.45, 2.75) is 77.2 Å². The fourth-order valence-electron chi connectivity index (χ4n) is 5.74. The van der Waals surface area contributed by atoms with Crippen LogP contribution >= 0.6 is 0 Å². The number of carbonyl (C=O) groups excluding carboxylic acids is 1. The number of nitrogens with zero attached hydrogens (tertiary/aromatic N) is 6. The summed E-state index contributed by atoms with van der Waals surface area (Å²) in [4.78, 5) is 31.2. The van der Waals surface area contributed by atoms with Gasteiger partial charge in [0.15, 0.2) is 0 Å². The van der Waals surface area contributed by atoms with Gasteiger partial charge in [0.1, 0.15) is 23.8 Å². The largest absolute Gasteiger partial charge is 0.356 e. The average Bonchev–Trinajstić information content (AvgIpc) is 3.51. The molecule has 2 aromatic rings. The lowest BCUT2D eigenvalue weighted by atomic mass is 9.89. The van der Waals surface area contributed by atoms with Gasteiger partial charge in [-0.1, -0.05) is 13.8 Å². The van der Waals surface area contributed by atoms with Crippen LogP contribution in [0.2, 0.25) is 0 Å². The van der Waals surface area contributed by atoms with E-state index in [4.69, 9.17) is 4.98 Å². The van der Waals surface area contributed by atoms with Crippen LogP contribution in [0.4, 0.5) is 11.6 Å². The first-order valence-corrected chi connectivity index (χ1v) is 12.8. The van der Waals surface area contributed by atoms with Crippen LogP contribution < -0.4 is 10.2 Å². The van der Waals surface area contributed by atoms with Crippen molar-refractivity contribution < 1.29 is 4.79 Å². The number of aryl methyl sites for hydroxylation is 1. The molecule has 0 saturated carbocycles. The highest BCUT2D eigenvalue weighted by Crippen LogP contribution is 2.40. The molecular formula is C25H37N7O. The summed E-state index contributed by atoms with van der Waals surface area (Å²) in [7, 11) is 0. The Balaban J connectivity index is 1.30. The van der Waals surface area contributed by atoms with Gasteiger partial charge >= 0.3 is 0 Å². The normalized spacial score (nSPS) is 21.9. The molecule has 1 amide bonds. The van der Waals surface area contributed by atoms with Gasteiger partial charge in [-0.15, -0.1) is 0 Å². The van der Waals surface area contributed by atoms with Crippen LogP contribution in [-0.4, -0.2) is 63.0 Å². The van der Waals surface area contributed by atoms with E-state index in [0.29, 0.717) is 18.2 Å². The monoisotopic (exact) mass is 451 g/mol. The third kappa shape index (κ3) is 4.63. The highest BCUT2D eigenvalue weighted by molar-refractivity contribution is 5.94. The van der Waals surface area contributed by atoms with Crippen molar-refractivity contribution in [2.24, 2.45) is 0 Å². The van der Waals surface area contributed by atoms with E-state index < -0.39 is 0 Å². The molecule has 0 unspecified atom stereocenters. The quantitative estimate of drug-likeness (QED) is 0.694. The maximum atomic E-state index is 12.1. The lowest BCUT2D eigenvalue weighted by Gasteiger charge is -2.36. The lowest BCUT2D eigenvalue weighted by molar-refractivity contribution is -0.116. The third-order valence-corrected chi connectivity index (χ3v) is 7.69. The Morgan fingerprint density at radius 3 is 2.58 bits per heavy atom. The molecule has 3 aliphatic rings. The Hall–Kier alpha value is -2.48. The molecule has 178 valence electrons. The number of anilines is 2. The minimum absolute atomic E-state index is 0.0604. The van der Waals surface area contributed by atoms with Gasteiger partial charge < -0.3 is 19.7 Å². The van der Waals surface area contributed by atoms with Crippen LogP contribution in [-0.2, 0) is 17.8 Å². The number of piperidine rings is 1. The Bertz CT molecular complexity index is 973. The number of hydrogen-bond donors (Lipinski definition) is 1. The van der Waals surface area contributed by atoms with Gasteiger partial charge in [-0.25, -0.2) is 15.0 Å². The zero-order valence-electron chi connectivity index (χ0n) is 20.1. The fraction of sp³-hybridized carbons (Fsp3) is 0.680. The van der Waals surface area contributed by atoms with Crippen molar-refractivity contribution in [3.8, 4) is 0 Å². The standard InChI is InChI=1S/C25H37N7O/c1-3-18-15-21(33)29-23-22(18)25(27-17-26-23)31-11-7-19(8-12-31)24-28-20(4-2)16-32(24)14-13-30-9-5-6-10-30/h16-19H,3-15H2,1-2H3,(H,26,27,29,33)/t18-/m1/s1. The van der Waals surface area contributed by atoms with Gasteiger partial charge in [0.2, 0.25) is 5.91 Å². The molecule has 33 heavy (non-hydrogen) atoms. The summed E-state index contributed by atoms with van der Waals surface area (Å²) in [6.07, 6.45) is 11.1. The zero-order chi connectivity index (χ0) is 22.8. The highest BCUT2D eigenvalue weighted by Gasteiger charge is 2.32. The number of likely N-dealkylation sites (tertiary alicyclic amines) is 1. The summed E-state index contributed by atoms with van der Waals surface area (Å²) in [6, 6.07) is 0. The van der Waals surface area contributed by atoms with Crippen molar-refractivity contribution in [1.82, 2.24) is 24.4 Å². The van der Waals surface area contributed by atoms with E-state index >= 15 is 0 Å². The van der Waals surface area contributed by atoms with Crippen molar-refractivity contribution in [1.29, 1.82) is 0 Å². The molecule has 0 spiro atoms. The highest BCUT2D eigenvalue weighted by atomic mass is 16.1. The Morgan fingerprint density at radius 2 is 1.85 bits per heavy atom. The Morgan fingerprint density at radius 1 is 1.06 bits per heavy atom. The first-order valence-electron chi connectivity index (χ1n) is 12.8. The van der Waals surface area contributed by atoms with E-state index in [9.17, 15) is 4.79 Å². The van der Waals surface area contributed by atoms with E-state index in [1.165, 1.54) is 37.4 Å². The molecule has 2 aromatic heterocycles. The summed E-state index contributed by atoms with van der Waals surface area (Å²) in [5, 5.41) is 2.96. The third-order valence-electron chi connectivity index (χ3n) is 7.69. The number of carbonyl (C=O) groups is 1. The fourth-order valence-corrected chi connectivity index (χ4v) is 5.74. The van der Waals surface area contributed by atoms with Crippen LogP contribution in [0, 0.1) is 0 Å². The maximum absolute atomic E-state index is 12.1. The van der Waals surface area contributed by atoms with Gasteiger partial charge in [-0.2, -0.15) is 0 Å². The summed E-state index contributed by atoms with van der Waals surface area (Å²) < 4.78 is 2.44. The SMILES string of the molecule is CCc1cn(CCN2CCCC2)c(C2CCN(c3ncnc4c3[C@H](CC)CC(=O)N4)CC2)n1. The second-order valence-electron chi connectivity index (χ2n) is 9.76. The molecule has 0 bridgehead atoms. The summed E-state index contributed by atoms with van der Waals surface area (Å²) in [6.45, 7) is 10.9. The number of nitrogens with one attached hydrogen (secondary N) is 1. The molecule has 1 atom stereocenters. The molecule has 0 radical (unpaired) electrons. The molecule has 8 nitrogen and oxygen atoms in total. The van der Waals surface area contributed by atoms with Crippen LogP contribution in [0.1, 0.15) is 81.3 Å². The van der Waals surface area contributed by atoms with E-state index in [1.54, 1.807) is 6.33 Å². The van der Waals surface area contributed by atoms with Crippen molar-refractivity contribution in [3.63, 3.8) is 0 Å². The lowest BCUT2D eigenvalue weighted by Crippen LogP contribution is -2.36. The van der Waals surface area contributed by atoms with Crippen LogP contribution in [0.25, 0.3) is 0 Å². The Labute approximate surface area is 196 Å². The topological polar surface area (TPSA) is 79.2 Å². The van der Waals surface area contributed by atoms with E-state index in [0.717, 1.165) is 63.2 Å². The van der Waals surface area contributed by atoms with Crippen LogP contribution in [0.15, 0.2) is 12.5 Å². The summed E-state index contributed by atoms with van der Waals surface area (Å²) in [5.41, 5.74) is 2.33. The van der Waals surface area contributed by atoms with E-state index in [-0.39, 0.29) is 11.8 Å². The second kappa shape index (κ2) is 9.79. The van der Waals surface area contributed by atoms with Crippen LogP contribution in [0.5, 0.6) is 0 Å². The second-order valence-corrected chi connectivity index (χ2v) is 9.76. The molecule has 2 fully saturated rings. The first kappa shape index (κ1) is 22.3. The van der Waals surface area contributed by atoms with E-state index in [1.807, 2.05) is 0 Å². The van der Waals surface area contributed by atoms with Crippen molar-refractivity contribution >= 4 is 17.5 Å². The number of aromatic nitrogens is 4. The molecular weight excluding hydrogens is 414 g/mol. The van der Waals surface area contributed by atoms with Crippen LogP contribution in [0.3, 0.4) is 0 Å². The average molecular weight is 452 g/mol. The molecule has 2 saturated heterocycles. The minimum Gasteiger partial charge on any atom is -0.356 e. The number of fused-ring (bicyclic) bond motifs is 1.